The Labute approximate surface area is 162 Å². The summed E-state index contributed by atoms with van der Waals surface area (Å²) in [6.45, 7) is 3.25. The summed E-state index contributed by atoms with van der Waals surface area (Å²) in [6, 6.07) is 13.5. The van der Waals surface area contributed by atoms with Crippen LogP contribution in [0.4, 0.5) is 5.13 Å². The number of carbonyl (C=O) groups excluding carboxylic acids is 1. The topological polar surface area (TPSA) is 51.7 Å². The van der Waals surface area contributed by atoms with E-state index < -0.39 is 0 Å². The lowest BCUT2D eigenvalue weighted by atomic mass is 10.1. The van der Waals surface area contributed by atoms with E-state index in [1.165, 1.54) is 11.3 Å². The second-order valence-electron chi connectivity index (χ2n) is 6.72. The smallest absolute Gasteiger partial charge is 0.260 e. The number of nitrogens with zero attached hydrogens (tertiary/aromatic N) is 2. The average molecular weight is 382 g/mol. The van der Waals surface area contributed by atoms with E-state index in [4.69, 9.17) is 14.5 Å². The molecule has 1 unspecified atom stereocenters. The highest BCUT2D eigenvalue weighted by molar-refractivity contribution is 7.22. The van der Waals surface area contributed by atoms with E-state index in [0.29, 0.717) is 17.2 Å². The number of rotatable bonds is 5. The van der Waals surface area contributed by atoms with Gasteiger partial charge in [0.15, 0.2) is 5.13 Å². The largest absolute Gasteiger partial charge is 0.494 e. The Kier molecular flexibility index (Phi) is 5.09. The standard InChI is InChI=1S/C21H22N2O3S/c1-14-6-3-7-15(12-14)20(24)23(13-16-8-5-11-26-16)21-22-19-17(25-2)9-4-10-18(19)27-21/h3-4,6-7,9-10,12,16H,5,8,11,13H2,1-2H3. The molecule has 0 N–H and O–H groups in total. The molecule has 1 amide bonds. The van der Waals surface area contributed by atoms with E-state index in [2.05, 4.69) is 0 Å². The van der Waals surface area contributed by atoms with Crippen molar-refractivity contribution >= 4 is 32.6 Å². The summed E-state index contributed by atoms with van der Waals surface area (Å²) < 4.78 is 12.2. The number of hydrogen-bond acceptors (Lipinski definition) is 5. The van der Waals surface area contributed by atoms with Crippen molar-refractivity contribution in [3.63, 3.8) is 0 Å². The third-order valence-corrected chi connectivity index (χ3v) is 5.79. The van der Waals surface area contributed by atoms with Gasteiger partial charge >= 0.3 is 0 Å². The number of fused-ring (bicyclic) bond motifs is 1. The normalized spacial score (nSPS) is 16.6. The number of methoxy groups -OCH3 is 1. The maximum atomic E-state index is 13.3. The molecule has 2 aromatic carbocycles. The van der Waals surface area contributed by atoms with Crippen molar-refractivity contribution in [2.75, 3.05) is 25.2 Å². The number of carbonyl (C=O) groups is 1. The number of amides is 1. The second kappa shape index (κ2) is 7.66. The van der Waals surface area contributed by atoms with Gasteiger partial charge in [0.25, 0.3) is 5.91 Å². The third-order valence-electron chi connectivity index (χ3n) is 4.74. The summed E-state index contributed by atoms with van der Waals surface area (Å²) in [5.74, 6) is 0.669. The van der Waals surface area contributed by atoms with E-state index in [0.717, 1.165) is 41.0 Å². The van der Waals surface area contributed by atoms with E-state index >= 15 is 0 Å². The van der Waals surface area contributed by atoms with Crippen LogP contribution >= 0.6 is 11.3 Å². The maximum Gasteiger partial charge on any atom is 0.260 e. The van der Waals surface area contributed by atoms with Crippen molar-refractivity contribution in [2.45, 2.75) is 25.9 Å². The number of hydrogen-bond donors (Lipinski definition) is 0. The molecule has 4 rings (SSSR count). The first-order valence-corrected chi connectivity index (χ1v) is 9.91. The summed E-state index contributed by atoms with van der Waals surface area (Å²) in [5.41, 5.74) is 2.51. The van der Waals surface area contributed by atoms with Gasteiger partial charge in [-0.25, -0.2) is 4.98 Å². The van der Waals surface area contributed by atoms with Gasteiger partial charge in [-0.3, -0.25) is 9.69 Å². The maximum absolute atomic E-state index is 13.3. The number of anilines is 1. The zero-order chi connectivity index (χ0) is 18.8. The van der Waals surface area contributed by atoms with Crippen LogP contribution in [0.3, 0.4) is 0 Å². The van der Waals surface area contributed by atoms with Gasteiger partial charge in [0.05, 0.1) is 24.5 Å². The highest BCUT2D eigenvalue weighted by Crippen LogP contribution is 2.35. The van der Waals surface area contributed by atoms with E-state index in [1.807, 2.05) is 49.4 Å². The van der Waals surface area contributed by atoms with Gasteiger partial charge in [-0.15, -0.1) is 0 Å². The molecule has 0 aliphatic carbocycles. The minimum absolute atomic E-state index is 0.0488. The third kappa shape index (κ3) is 3.68. The Bertz CT molecular complexity index is 963. The number of para-hydroxylation sites is 1. The van der Waals surface area contributed by atoms with Crippen molar-refractivity contribution < 1.29 is 14.3 Å². The minimum Gasteiger partial charge on any atom is -0.494 e. The molecule has 1 aliphatic rings. The Hall–Kier alpha value is -2.44. The fourth-order valence-corrected chi connectivity index (χ4v) is 4.36. The van der Waals surface area contributed by atoms with Gasteiger partial charge in [0.1, 0.15) is 11.3 Å². The van der Waals surface area contributed by atoms with Gasteiger partial charge in [-0.2, -0.15) is 0 Å². The van der Waals surface area contributed by atoms with Crippen LogP contribution in [0, 0.1) is 6.92 Å². The minimum atomic E-state index is -0.0489. The quantitative estimate of drug-likeness (QED) is 0.655. The molecule has 1 fully saturated rings. The summed E-state index contributed by atoms with van der Waals surface area (Å²) in [4.78, 5) is 19.8. The Morgan fingerprint density at radius 1 is 1.33 bits per heavy atom. The predicted molar refractivity (Wildman–Crippen MR) is 108 cm³/mol. The molecule has 0 bridgehead atoms. The van der Waals surface area contributed by atoms with Gasteiger partial charge in [0.2, 0.25) is 0 Å². The summed E-state index contributed by atoms with van der Waals surface area (Å²) in [6.07, 6.45) is 2.05. The highest BCUT2D eigenvalue weighted by atomic mass is 32.1. The molecule has 0 spiro atoms. The van der Waals surface area contributed by atoms with Crippen molar-refractivity contribution in [1.82, 2.24) is 4.98 Å². The number of thiazole rings is 1. The molecule has 1 saturated heterocycles. The predicted octanol–water partition coefficient (Wildman–Crippen LogP) is 4.44. The monoisotopic (exact) mass is 382 g/mol. The first-order chi connectivity index (χ1) is 13.2. The van der Waals surface area contributed by atoms with Gasteiger partial charge in [-0.05, 0) is 44.0 Å². The van der Waals surface area contributed by atoms with Crippen molar-refractivity contribution in [3.8, 4) is 5.75 Å². The van der Waals surface area contributed by atoms with Crippen LogP contribution in [0.25, 0.3) is 10.2 Å². The van der Waals surface area contributed by atoms with Crippen LogP contribution < -0.4 is 9.64 Å². The molecule has 6 heteroatoms. The fraction of sp³-hybridized carbons (Fsp3) is 0.333. The number of benzene rings is 2. The van der Waals surface area contributed by atoms with Gasteiger partial charge in [0, 0.05) is 12.2 Å². The van der Waals surface area contributed by atoms with E-state index in [9.17, 15) is 4.79 Å². The molecule has 1 aromatic heterocycles. The lowest BCUT2D eigenvalue weighted by Gasteiger charge is -2.23. The first kappa shape index (κ1) is 17.9. The Morgan fingerprint density at radius 2 is 2.19 bits per heavy atom. The summed E-state index contributed by atoms with van der Waals surface area (Å²) in [7, 11) is 1.63. The van der Waals surface area contributed by atoms with Crippen LogP contribution in [0.2, 0.25) is 0 Å². The molecule has 1 atom stereocenters. The molecule has 2 heterocycles. The van der Waals surface area contributed by atoms with Gasteiger partial charge < -0.3 is 9.47 Å². The van der Waals surface area contributed by atoms with Crippen LogP contribution in [0.5, 0.6) is 5.75 Å². The van der Waals surface area contributed by atoms with Crippen LogP contribution in [0.15, 0.2) is 42.5 Å². The van der Waals surface area contributed by atoms with Crippen LogP contribution in [-0.2, 0) is 4.74 Å². The van der Waals surface area contributed by atoms with E-state index in [-0.39, 0.29) is 12.0 Å². The van der Waals surface area contributed by atoms with Crippen LogP contribution in [-0.4, -0.2) is 37.3 Å². The molecule has 0 radical (unpaired) electrons. The zero-order valence-electron chi connectivity index (χ0n) is 15.5. The Morgan fingerprint density at radius 3 is 2.93 bits per heavy atom. The van der Waals surface area contributed by atoms with Crippen LogP contribution in [0.1, 0.15) is 28.8 Å². The molecule has 5 nitrogen and oxygen atoms in total. The number of aryl methyl sites for hydroxylation is 1. The first-order valence-electron chi connectivity index (χ1n) is 9.09. The van der Waals surface area contributed by atoms with Gasteiger partial charge in [-0.1, -0.05) is 35.1 Å². The molecular weight excluding hydrogens is 360 g/mol. The molecule has 27 heavy (non-hydrogen) atoms. The van der Waals surface area contributed by atoms with Crippen molar-refractivity contribution in [2.24, 2.45) is 0 Å². The molecule has 3 aromatic rings. The lowest BCUT2D eigenvalue weighted by molar-refractivity contribution is 0.0917. The second-order valence-corrected chi connectivity index (χ2v) is 7.73. The highest BCUT2D eigenvalue weighted by Gasteiger charge is 2.27. The fourth-order valence-electron chi connectivity index (χ4n) is 3.37. The molecule has 0 saturated carbocycles. The molecular formula is C21H22N2O3S. The number of ether oxygens (including phenoxy) is 2. The Balaban J connectivity index is 1.74. The summed E-state index contributed by atoms with van der Waals surface area (Å²) >= 11 is 1.50. The SMILES string of the molecule is COc1cccc2sc(N(CC3CCCO3)C(=O)c3cccc(C)c3)nc12. The van der Waals surface area contributed by atoms with E-state index in [1.54, 1.807) is 12.0 Å². The summed E-state index contributed by atoms with van der Waals surface area (Å²) in [5, 5.41) is 0.677. The molecule has 1 aliphatic heterocycles. The molecule has 140 valence electrons. The number of aromatic nitrogens is 1. The zero-order valence-corrected chi connectivity index (χ0v) is 16.3. The van der Waals surface area contributed by atoms with Crippen molar-refractivity contribution in [3.05, 3.63) is 53.6 Å². The lowest BCUT2D eigenvalue weighted by Crippen LogP contribution is -2.37. The average Bonchev–Trinajstić information content (AvgIpc) is 3.34. The van der Waals surface area contributed by atoms with Crippen molar-refractivity contribution in [1.29, 1.82) is 0 Å².